The van der Waals surface area contributed by atoms with Crippen molar-refractivity contribution in [3.05, 3.63) is 188 Å². The molecule has 4 heteroatoms. The molecule has 0 amide bonds. The lowest BCUT2D eigenvalue weighted by molar-refractivity contribution is 0.620. The predicted molar refractivity (Wildman–Crippen MR) is 211 cm³/mol. The first kappa shape index (κ1) is 29.0. The summed E-state index contributed by atoms with van der Waals surface area (Å²) in [5.74, 6) is 0.609. The predicted octanol–water partition coefficient (Wildman–Crippen LogP) is 12.9. The van der Waals surface area contributed by atoms with Crippen molar-refractivity contribution in [2.45, 2.75) is 0 Å². The van der Waals surface area contributed by atoms with Crippen LogP contribution in [0.25, 0.3) is 71.9 Å². The largest absolute Gasteiger partial charge is 0.436 e. The molecule has 2 aromatic heterocycles. The van der Waals surface area contributed by atoms with Gasteiger partial charge in [0.25, 0.3) is 0 Å². The number of hydrogen-bond donors (Lipinski definition) is 0. The molecule has 0 saturated carbocycles. The summed E-state index contributed by atoms with van der Waals surface area (Å²) in [5.41, 5.74) is 11.6. The number of nitrogens with zero attached hydrogens (tertiary/aromatic N) is 3. The third-order valence-corrected chi connectivity index (χ3v) is 9.82. The number of anilines is 3. The topological polar surface area (TPSA) is 34.2 Å². The van der Waals surface area contributed by atoms with E-state index < -0.39 is 0 Å². The molecule has 0 N–H and O–H groups in total. The van der Waals surface area contributed by atoms with Crippen LogP contribution in [-0.4, -0.2) is 9.55 Å². The van der Waals surface area contributed by atoms with Gasteiger partial charge >= 0.3 is 0 Å². The van der Waals surface area contributed by atoms with Crippen molar-refractivity contribution in [2.75, 3.05) is 4.90 Å². The van der Waals surface area contributed by atoms with Crippen LogP contribution >= 0.6 is 0 Å². The number of benzene rings is 8. The van der Waals surface area contributed by atoms with Gasteiger partial charge in [-0.15, -0.1) is 0 Å². The molecule has 0 bridgehead atoms. The zero-order valence-corrected chi connectivity index (χ0v) is 27.6. The first-order valence-electron chi connectivity index (χ1n) is 17.2. The van der Waals surface area contributed by atoms with Gasteiger partial charge in [-0.05, 0) is 77.7 Å². The smallest absolute Gasteiger partial charge is 0.227 e. The highest BCUT2D eigenvalue weighted by Gasteiger charge is 2.20. The number of hydrogen-bond acceptors (Lipinski definition) is 3. The van der Waals surface area contributed by atoms with Gasteiger partial charge in [-0.1, -0.05) is 121 Å². The quantitative estimate of drug-likeness (QED) is 0.179. The van der Waals surface area contributed by atoms with Crippen LogP contribution in [0.3, 0.4) is 0 Å². The molecule has 0 spiro atoms. The molecule has 240 valence electrons. The summed E-state index contributed by atoms with van der Waals surface area (Å²) in [6.45, 7) is 0. The standard InChI is InChI=1S/C47H31N3O/c1-3-13-32(14-4-1)38-18-9-11-21-42(38)49(36-26-23-34(24-27-36)47-48-46-39-19-8-7-15-33(39)25-30-45(46)51-47)37-28-29-41-40-20-10-12-22-43(40)50(44(41)31-37)35-16-5-2-6-17-35/h1-31H. The highest BCUT2D eigenvalue weighted by molar-refractivity contribution is 6.10. The van der Waals surface area contributed by atoms with Crippen molar-refractivity contribution in [3.8, 4) is 28.3 Å². The van der Waals surface area contributed by atoms with E-state index in [2.05, 4.69) is 185 Å². The number of fused-ring (bicyclic) bond motifs is 6. The van der Waals surface area contributed by atoms with Crippen molar-refractivity contribution < 1.29 is 4.42 Å². The first-order chi connectivity index (χ1) is 25.3. The summed E-state index contributed by atoms with van der Waals surface area (Å²) < 4.78 is 8.68. The van der Waals surface area contributed by atoms with E-state index in [1.807, 2.05) is 12.1 Å². The van der Waals surface area contributed by atoms with Crippen molar-refractivity contribution >= 4 is 60.7 Å². The van der Waals surface area contributed by atoms with Gasteiger partial charge in [0.05, 0.1) is 16.7 Å². The Labute approximate surface area is 295 Å². The maximum absolute atomic E-state index is 6.31. The number of oxazole rings is 1. The van der Waals surface area contributed by atoms with E-state index in [0.29, 0.717) is 5.89 Å². The van der Waals surface area contributed by atoms with Gasteiger partial charge in [0, 0.05) is 44.3 Å². The molecule has 0 atom stereocenters. The van der Waals surface area contributed by atoms with Crippen molar-refractivity contribution in [2.24, 2.45) is 0 Å². The Morgan fingerprint density at radius 3 is 1.98 bits per heavy atom. The Morgan fingerprint density at radius 1 is 0.471 bits per heavy atom. The van der Waals surface area contributed by atoms with Gasteiger partial charge in [-0.25, -0.2) is 4.98 Å². The van der Waals surface area contributed by atoms with Crippen LogP contribution in [0.5, 0.6) is 0 Å². The van der Waals surface area contributed by atoms with Crippen LogP contribution in [-0.2, 0) is 0 Å². The van der Waals surface area contributed by atoms with Gasteiger partial charge in [-0.2, -0.15) is 0 Å². The third-order valence-electron chi connectivity index (χ3n) is 9.82. The molecule has 0 aliphatic rings. The summed E-state index contributed by atoms with van der Waals surface area (Å²) in [6.07, 6.45) is 0. The number of aromatic nitrogens is 2. The Balaban J connectivity index is 1.16. The average molecular weight is 654 g/mol. The second-order valence-corrected chi connectivity index (χ2v) is 12.8. The Morgan fingerprint density at radius 2 is 1.14 bits per heavy atom. The van der Waals surface area contributed by atoms with Gasteiger partial charge in [0.1, 0.15) is 5.52 Å². The van der Waals surface area contributed by atoms with E-state index in [9.17, 15) is 0 Å². The number of para-hydroxylation sites is 3. The van der Waals surface area contributed by atoms with Crippen molar-refractivity contribution in [1.29, 1.82) is 0 Å². The highest BCUT2D eigenvalue weighted by atomic mass is 16.3. The average Bonchev–Trinajstić information content (AvgIpc) is 3.79. The second-order valence-electron chi connectivity index (χ2n) is 12.8. The maximum atomic E-state index is 6.31. The highest BCUT2D eigenvalue weighted by Crippen LogP contribution is 2.43. The van der Waals surface area contributed by atoms with Crippen LogP contribution in [0, 0.1) is 0 Å². The Bertz CT molecular complexity index is 2850. The lowest BCUT2D eigenvalue weighted by atomic mass is 10.0. The van der Waals surface area contributed by atoms with E-state index in [-0.39, 0.29) is 0 Å². The normalized spacial score (nSPS) is 11.5. The van der Waals surface area contributed by atoms with E-state index in [1.54, 1.807) is 0 Å². The summed E-state index contributed by atoms with van der Waals surface area (Å²) in [6, 6.07) is 66.3. The zero-order valence-electron chi connectivity index (χ0n) is 27.6. The fourth-order valence-electron chi connectivity index (χ4n) is 7.45. The minimum absolute atomic E-state index is 0.609. The molecule has 2 heterocycles. The minimum Gasteiger partial charge on any atom is -0.436 e. The van der Waals surface area contributed by atoms with E-state index in [0.717, 1.165) is 66.8 Å². The lowest BCUT2D eigenvalue weighted by Gasteiger charge is -2.28. The van der Waals surface area contributed by atoms with Crippen LogP contribution in [0.15, 0.2) is 192 Å². The van der Waals surface area contributed by atoms with Gasteiger partial charge in [0.15, 0.2) is 5.58 Å². The molecule has 4 nitrogen and oxygen atoms in total. The maximum Gasteiger partial charge on any atom is 0.227 e. The van der Waals surface area contributed by atoms with Crippen LogP contribution in [0.4, 0.5) is 17.1 Å². The zero-order chi connectivity index (χ0) is 33.7. The second kappa shape index (κ2) is 11.9. The van der Waals surface area contributed by atoms with E-state index in [1.165, 1.54) is 16.3 Å². The molecular formula is C47H31N3O. The van der Waals surface area contributed by atoms with Crippen molar-refractivity contribution in [3.63, 3.8) is 0 Å². The minimum atomic E-state index is 0.609. The molecule has 0 radical (unpaired) electrons. The molecule has 0 unspecified atom stereocenters. The molecule has 0 saturated heterocycles. The molecule has 8 aromatic carbocycles. The molecular weight excluding hydrogens is 623 g/mol. The van der Waals surface area contributed by atoms with Gasteiger partial charge in [0.2, 0.25) is 5.89 Å². The molecule has 10 aromatic rings. The van der Waals surface area contributed by atoms with E-state index in [4.69, 9.17) is 9.40 Å². The first-order valence-corrected chi connectivity index (χ1v) is 17.2. The summed E-state index contributed by atoms with van der Waals surface area (Å²) >= 11 is 0. The monoisotopic (exact) mass is 653 g/mol. The van der Waals surface area contributed by atoms with Gasteiger partial charge in [-0.3, -0.25) is 0 Å². The molecule has 0 fully saturated rings. The van der Waals surface area contributed by atoms with Crippen LogP contribution in [0.1, 0.15) is 0 Å². The molecule has 51 heavy (non-hydrogen) atoms. The number of rotatable bonds is 6. The van der Waals surface area contributed by atoms with Crippen LogP contribution < -0.4 is 4.90 Å². The van der Waals surface area contributed by atoms with E-state index >= 15 is 0 Å². The molecule has 0 aliphatic heterocycles. The summed E-state index contributed by atoms with van der Waals surface area (Å²) in [7, 11) is 0. The fraction of sp³-hybridized carbons (Fsp3) is 0. The lowest BCUT2D eigenvalue weighted by Crippen LogP contribution is -2.11. The molecule has 0 aliphatic carbocycles. The Kier molecular flexibility index (Phi) is 6.78. The van der Waals surface area contributed by atoms with Gasteiger partial charge < -0.3 is 13.9 Å². The summed E-state index contributed by atoms with van der Waals surface area (Å²) in [5, 5.41) is 4.69. The SMILES string of the molecule is c1ccc(-c2ccccc2N(c2ccc(-c3nc4c(ccc5ccccc54)o3)cc2)c2ccc3c4ccccc4n(-c4ccccc4)c3c2)cc1. The summed E-state index contributed by atoms with van der Waals surface area (Å²) in [4.78, 5) is 7.33. The molecule has 10 rings (SSSR count). The fourth-order valence-corrected chi connectivity index (χ4v) is 7.45. The third kappa shape index (κ3) is 4.88. The van der Waals surface area contributed by atoms with Crippen LogP contribution in [0.2, 0.25) is 0 Å². The van der Waals surface area contributed by atoms with Crippen molar-refractivity contribution in [1.82, 2.24) is 9.55 Å². The Hall–Kier alpha value is -6.91.